The van der Waals surface area contributed by atoms with Crippen LogP contribution in [0.25, 0.3) is 0 Å². The molecule has 0 spiro atoms. The molecule has 0 aliphatic heterocycles. The molecule has 0 fully saturated rings. The zero-order valence-electron chi connectivity index (χ0n) is 26.3. The molecule has 0 rings (SSSR count). The summed E-state index contributed by atoms with van der Waals surface area (Å²) in [5.41, 5.74) is 0. The van der Waals surface area contributed by atoms with Crippen LogP contribution in [-0.4, -0.2) is 131 Å². The van der Waals surface area contributed by atoms with Crippen LogP contribution < -0.4 is 0 Å². The quantitative estimate of drug-likeness (QED) is 0.103. The number of unbranched alkanes of at least 4 members (excludes halogenated alkanes) is 10. The zero-order valence-corrected chi connectivity index (χ0v) is 26.3. The van der Waals surface area contributed by atoms with E-state index in [2.05, 4.69) is 6.92 Å². The van der Waals surface area contributed by atoms with Gasteiger partial charge in [0, 0.05) is 6.61 Å². The lowest BCUT2D eigenvalue weighted by atomic mass is 10.1. The monoisotopic (exact) mass is 596 g/mol. The fourth-order valence-electron chi connectivity index (χ4n) is 3.79. The van der Waals surface area contributed by atoms with Gasteiger partial charge in [0.15, 0.2) is 0 Å². The number of aliphatic hydroxyl groups is 1. The van der Waals surface area contributed by atoms with E-state index in [0.717, 1.165) is 13.0 Å². The van der Waals surface area contributed by atoms with Gasteiger partial charge in [0.25, 0.3) is 0 Å². The fraction of sp³-hybridized carbons (Fsp3) is 1.00. The molecule has 10 heteroatoms. The van der Waals surface area contributed by atoms with Gasteiger partial charge in [-0.15, -0.1) is 0 Å². The lowest BCUT2D eigenvalue weighted by molar-refractivity contribution is -0.0255. The van der Waals surface area contributed by atoms with E-state index in [1.807, 2.05) is 0 Å². The van der Waals surface area contributed by atoms with Gasteiger partial charge < -0.3 is 47.7 Å². The fourth-order valence-corrected chi connectivity index (χ4v) is 3.79. The summed E-state index contributed by atoms with van der Waals surface area (Å²) in [6, 6.07) is 0. The van der Waals surface area contributed by atoms with Gasteiger partial charge in [0.2, 0.25) is 0 Å². The number of aliphatic hydroxyl groups excluding tert-OH is 1. The molecular formula is C31H64O10. The highest BCUT2D eigenvalue weighted by Crippen LogP contribution is 2.11. The number of rotatable bonds is 38. The van der Waals surface area contributed by atoms with Gasteiger partial charge in [-0.2, -0.15) is 0 Å². The molecule has 0 aromatic rings. The largest absolute Gasteiger partial charge is 0.394 e. The maximum atomic E-state index is 8.57. The molecule has 0 aliphatic rings. The average Bonchev–Trinajstić information content (AvgIpc) is 2.98. The van der Waals surface area contributed by atoms with Crippen LogP contribution in [0.2, 0.25) is 0 Å². The number of hydrogen-bond donors (Lipinski definition) is 1. The van der Waals surface area contributed by atoms with Gasteiger partial charge in [-0.05, 0) is 6.42 Å². The first-order valence-corrected chi connectivity index (χ1v) is 16.2. The minimum absolute atomic E-state index is 0.0325. The normalized spacial score (nSPS) is 11.6. The molecule has 0 aromatic carbocycles. The van der Waals surface area contributed by atoms with Gasteiger partial charge in [0.05, 0.1) is 119 Å². The van der Waals surface area contributed by atoms with E-state index >= 15 is 0 Å². The van der Waals surface area contributed by atoms with Gasteiger partial charge >= 0.3 is 0 Å². The summed E-state index contributed by atoms with van der Waals surface area (Å²) < 4.78 is 48.9. The molecule has 0 atom stereocenters. The molecule has 0 unspecified atom stereocenters. The van der Waals surface area contributed by atoms with E-state index in [1.165, 1.54) is 64.2 Å². The van der Waals surface area contributed by atoms with Gasteiger partial charge in [0.1, 0.15) is 0 Å². The molecule has 0 aliphatic carbocycles. The van der Waals surface area contributed by atoms with Crippen LogP contribution in [0.3, 0.4) is 0 Å². The first-order chi connectivity index (χ1) is 20.4. The van der Waals surface area contributed by atoms with Crippen molar-refractivity contribution >= 4 is 0 Å². The second kappa shape index (κ2) is 39.6. The van der Waals surface area contributed by atoms with E-state index in [1.54, 1.807) is 0 Å². The van der Waals surface area contributed by atoms with Gasteiger partial charge in [-0.25, -0.2) is 0 Å². The minimum atomic E-state index is 0.0325. The highest BCUT2D eigenvalue weighted by atomic mass is 16.6. The smallest absolute Gasteiger partial charge is 0.0701 e. The average molecular weight is 597 g/mol. The van der Waals surface area contributed by atoms with Crippen molar-refractivity contribution in [3.8, 4) is 0 Å². The minimum Gasteiger partial charge on any atom is -0.394 e. The molecule has 0 saturated carbocycles. The molecule has 0 radical (unpaired) electrons. The highest BCUT2D eigenvalue weighted by molar-refractivity contribution is 4.48. The van der Waals surface area contributed by atoms with Crippen molar-refractivity contribution in [2.75, 3.05) is 126 Å². The Balaban J connectivity index is 3.02. The topological polar surface area (TPSA) is 103 Å². The summed E-state index contributed by atoms with van der Waals surface area (Å²) in [6.07, 6.45) is 14.9. The van der Waals surface area contributed by atoms with Crippen molar-refractivity contribution in [1.29, 1.82) is 0 Å². The summed E-state index contributed by atoms with van der Waals surface area (Å²) in [4.78, 5) is 0. The summed E-state index contributed by atoms with van der Waals surface area (Å²) in [7, 11) is 0. The second-order valence-corrected chi connectivity index (χ2v) is 9.77. The molecular weight excluding hydrogens is 532 g/mol. The van der Waals surface area contributed by atoms with E-state index in [9.17, 15) is 0 Å². The van der Waals surface area contributed by atoms with Crippen molar-refractivity contribution in [2.45, 2.75) is 77.6 Å². The van der Waals surface area contributed by atoms with Gasteiger partial charge in [-0.1, -0.05) is 71.1 Å². The first-order valence-electron chi connectivity index (χ1n) is 16.2. The van der Waals surface area contributed by atoms with Crippen molar-refractivity contribution in [2.24, 2.45) is 0 Å². The third kappa shape index (κ3) is 39.6. The Morgan fingerprint density at radius 1 is 0.268 bits per heavy atom. The maximum absolute atomic E-state index is 8.57. The van der Waals surface area contributed by atoms with E-state index in [0.29, 0.717) is 112 Å². The number of ether oxygens (including phenoxy) is 9. The second-order valence-electron chi connectivity index (χ2n) is 9.77. The van der Waals surface area contributed by atoms with Crippen molar-refractivity contribution in [3.63, 3.8) is 0 Å². The highest BCUT2D eigenvalue weighted by Gasteiger charge is 1.97. The van der Waals surface area contributed by atoms with Crippen LogP contribution in [-0.2, 0) is 42.6 Å². The first kappa shape index (κ1) is 40.6. The van der Waals surface area contributed by atoms with Crippen LogP contribution in [0, 0.1) is 0 Å². The van der Waals surface area contributed by atoms with Crippen LogP contribution in [0.15, 0.2) is 0 Å². The molecule has 0 bridgehead atoms. The SMILES string of the molecule is CCCCCCCCCCCCCOCCOCCOCCOCCOCCOCCOCCOCCOCCO. The van der Waals surface area contributed by atoms with E-state index in [-0.39, 0.29) is 6.61 Å². The van der Waals surface area contributed by atoms with Crippen molar-refractivity contribution < 1.29 is 47.7 Å². The molecule has 0 amide bonds. The Morgan fingerprint density at radius 2 is 0.488 bits per heavy atom. The summed E-state index contributed by atoms with van der Waals surface area (Å²) in [6.45, 7) is 12.1. The predicted molar refractivity (Wildman–Crippen MR) is 161 cm³/mol. The molecule has 41 heavy (non-hydrogen) atoms. The van der Waals surface area contributed by atoms with E-state index < -0.39 is 0 Å². The van der Waals surface area contributed by atoms with Gasteiger partial charge in [-0.3, -0.25) is 0 Å². The van der Waals surface area contributed by atoms with Crippen LogP contribution in [0.5, 0.6) is 0 Å². The van der Waals surface area contributed by atoms with Crippen molar-refractivity contribution in [1.82, 2.24) is 0 Å². The molecule has 10 nitrogen and oxygen atoms in total. The Hall–Kier alpha value is -0.400. The summed E-state index contributed by atoms with van der Waals surface area (Å²) in [5.74, 6) is 0. The van der Waals surface area contributed by atoms with E-state index in [4.69, 9.17) is 47.7 Å². The molecule has 0 saturated heterocycles. The standard InChI is InChI=1S/C31H64O10/c1-2-3-4-5-6-7-8-9-10-11-12-14-33-16-18-35-20-22-37-24-26-39-28-30-41-31-29-40-27-25-38-23-21-36-19-17-34-15-13-32/h32H,2-31H2,1H3. The molecule has 0 aromatic heterocycles. The Morgan fingerprint density at radius 3 is 0.756 bits per heavy atom. The van der Waals surface area contributed by atoms with Crippen molar-refractivity contribution in [3.05, 3.63) is 0 Å². The Kier molecular flexibility index (Phi) is 39.2. The van der Waals surface area contributed by atoms with Crippen LogP contribution in [0.4, 0.5) is 0 Å². The predicted octanol–water partition coefficient (Wildman–Crippen LogP) is 4.44. The maximum Gasteiger partial charge on any atom is 0.0701 e. The van der Waals surface area contributed by atoms with Crippen LogP contribution in [0.1, 0.15) is 77.6 Å². The molecule has 0 heterocycles. The number of hydrogen-bond acceptors (Lipinski definition) is 10. The Bertz CT molecular complexity index is 407. The lowest BCUT2D eigenvalue weighted by Gasteiger charge is -2.09. The third-order valence-electron chi connectivity index (χ3n) is 6.10. The molecule has 248 valence electrons. The lowest BCUT2D eigenvalue weighted by Crippen LogP contribution is -2.15. The molecule has 1 N–H and O–H groups in total. The third-order valence-corrected chi connectivity index (χ3v) is 6.10. The van der Waals surface area contributed by atoms with Crippen LogP contribution >= 0.6 is 0 Å². The summed E-state index contributed by atoms with van der Waals surface area (Å²) >= 11 is 0. The Labute approximate surface area is 251 Å². The zero-order chi connectivity index (χ0) is 29.6. The summed E-state index contributed by atoms with van der Waals surface area (Å²) in [5, 5.41) is 8.57.